The minimum Gasteiger partial charge on any atom is -0.495 e. The zero-order chi connectivity index (χ0) is 17.3. The van der Waals surface area contributed by atoms with Gasteiger partial charge in [0.15, 0.2) is 0 Å². The second-order valence-corrected chi connectivity index (χ2v) is 7.90. The third-order valence-electron chi connectivity index (χ3n) is 4.59. The molecule has 0 N–H and O–H groups in total. The summed E-state index contributed by atoms with van der Waals surface area (Å²) in [6.45, 7) is 1.35. The summed E-state index contributed by atoms with van der Waals surface area (Å²) in [4.78, 5) is 13.7. The smallest absolute Gasteiger partial charge is 0.246 e. The number of amides is 1. The van der Waals surface area contributed by atoms with Gasteiger partial charge in [0, 0.05) is 38.9 Å². The van der Waals surface area contributed by atoms with Crippen LogP contribution in [0.4, 0.5) is 5.69 Å². The molecule has 132 valence electrons. The first-order chi connectivity index (χ1) is 11.5. The van der Waals surface area contributed by atoms with Crippen molar-refractivity contribution < 1.29 is 22.7 Å². The van der Waals surface area contributed by atoms with Crippen LogP contribution in [0.3, 0.4) is 0 Å². The number of anilines is 1. The van der Waals surface area contributed by atoms with E-state index in [1.807, 2.05) is 0 Å². The van der Waals surface area contributed by atoms with Crippen LogP contribution in [0.1, 0.15) is 19.3 Å². The lowest BCUT2D eigenvalue weighted by Gasteiger charge is -2.21. The fourth-order valence-corrected chi connectivity index (χ4v) is 4.87. The van der Waals surface area contributed by atoms with Gasteiger partial charge in [-0.15, -0.1) is 0 Å². The molecule has 7 nitrogen and oxygen atoms in total. The van der Waals surface area contributed by atoms with Crippen LogP contribution in [-0.4, -0.2) is 58.6 Å². The van der Waals surface area contributed by atoms with Crippen LogP contribution < -0.4 is 9.64 Å². The maximum absolute atomic E-state index is 13.0. The summed E-state index contributed by atoms with van der Waals surface area (Å²) in [6.07, 6.45) is 1.86. The van der Waals surface area contributed by atoms with Crippen molar-refractivity contribution in [3.63, 3.8) is 0 Å². The van der Waals surface area contributed by atoms with E-state index in [1.165, 1.54) is 17.5 Å². The van der Waals surface area contributed by atoms with Gasteiger partial charge in [0.05, 0.1) is 13.2 Å². The number of hydrogen-bond donors (Lipinski definition) is 0. The summed E-state index contributed by atoms with van der Waals surface area (Å²) in [5.74, 6) is 0.301. The second kappa shape index (κ2) is 6.70. The summed E-state index contributed by atoms with van der Waals surface area (Å²) >= 11 is 0. The predicted molar refractivity (Wildman–Crippen MR) is 88.8 cm³/mol. The Hall–Kier alpha value is -1.64. The van der Waals surface area contributed by atoms with Gasteiger partial charge < -0.3 is 14.4 Å². The molecule has 0 spiro atoms. The Morgan fingerprint density at radius 1 is 1.21 bits per heavy atom. The fraction of sp³-hybridized carbons (Fsp3) is 0.562. The molecule has 2 aliphatic heterocycles. The van der Waals surface area contributed by atoms with Gasteiger partial charge in [-0.2, -0.15) is 4.31 Å². The Kier molecular flexibility index (Phi) is 4.80. The van der Waals surface area contributed by atoms with E-state index in [9.17, 15) is 13.2 Å². The normalized spacial score (nSPS) is 22.3. The number of nitrogens with zero attached hydrogens (tertiary/aromatic N) is 2. The van der Waals surface area contributed by atoms with Gasteiger partial charge in [0.1, 0.15) is 10.6 Å². The lowest BCUT2D eigenvalue weighted by atomic mass is 10.3. The van der Waals surface area contributed by atoms with Crippen molar-refractivity contribution in [3.8, 4) is 5.75 Å². The Balaban J connectivity index is 1.97. The van der Waals surface area contributed by atoms with Gasteiger partial charge in [-0.05, 0) is 31.0 Å². The average Bonchev–Trinajstić information content (AvgIpc) is 3.23. The molecule has 2 fully saturated rings. The molecule has 3 rings (SSSR count). The molecular formula is C16H22N2O5S. The highest BCUT2D eigenvalue weighted by atomic mass is 32.2. The average molecular weight is 354 g/mol. The Bertz CT molecular complexity index is 734. The first-order valence-electron chi connectivity index (χ1n) is 7.98. The third kappa shape index (κ3) is 3.01. The van der Waals surface area contributed by atoms with E-state index >= 15 is 0 Å². The number of methoxy groups -OCH3 is 2. The van der Waals surface area contributed by atoms with Crippen molar-refractivity contribution in [1.82, 2.24) is 4.31 Å². The van der Waals surface area contributed by atoms with Crippen molar-refractivity contribution in [2.45, 2.75) is 30.3 Å². The molecule has 1 atom stereocenters. The minimum absolute atomic E-state index is 0.0177. The molecule has 1 aromatic rings. The number of carbonyl (C=O) groups excluding carboxylic acids is 1. The molecule has 0 aliphatic carbocycles. The fourth-order valence-electron chi connectivity index (χ4n) is 3.20. The third-order valence-corrected chi connectivity index (χ3v) is 6.48. The maximum atomic E-state index is 13.0. The van der Waals surface area contributed by atoms with Crippen LogP contribution in [0.15, 0.2) is 23.1 Å². The van der Waals surface area contributed by atoms with Crippen LogP contribution >= 0.6 is 0 Å². The maximum Gasteiger partial charge on any atom is 0.246 e. The monoisotopic (exact) mass is 354 g/mol. The molecule has 1 amide bonds. The first kappa shape index (κ1) is 17.2. The molecule has 0 aromatic heterocycles. The van der Waals surface area contributed by atoms with Crippen LogP contribution in [-0.2, 0) is 19.6 Å². The summed E-state index contributed by atoms with van der Waals surface area (Å²) in [7, 11) is -0.678. The number of carbonyl (C=O) groups is 1. The predicted octanol–water partition coefficient (Wildman–Crippen LogP) is 1.23. The topological polar surface area (TPSA) is 76.2 Å². The van der Waals surface area contributed by atoms with Crippen molar-refractivity contribution in [3.05, 3.63) is 18.2 Å². The number of ether oxygens (including phenoxy) is 2. The van der Waals surface area contributed by atoms with Gasteiger partial charge in [-0.3, -0.25) is 4.79 Å². The standard InChI is InChI=1S/C16H22N2O5S/c1-22-13-7-9-17(11-13)24(20,21)15-10-12(5-6-14(15)23-2)18-8-3-4-16(18)19/h5-6,10,13H,3-4,7-9,11H2,1-2H3. The first-order valence-corrected chi connectivity index (χ1v) is 9.42. The van der Waals surface area contributed by atoms with Gasteiger partial charge in [-0.25, -0.2) is 8.42 Å². The molecule has 24 heavy (non-hydrogen) atoms. The van der Waals surface area contributed by atoms with Crippen molar-refractivity contribution in [2.75, 3.05) is 38.8 Å². The van der Waals surface area contributed by atoms with Gasteiger partial charge >= 0.3 is 0 Å². The van der Waals surface area contributed by atoms with E-state index in [-0.39, 0.29) is 22.7 Å². The van der Waals surface area contributed by atoms with Crippen LogP contribution in [0.5, 0.6) is 5.75 Å². The minimum atomic E-state index is -3.70. The highest BCUT2D eigenvalue weighted by Gasteiger charge is 2.35. The van der Waals surface area contributed by atoms with Crippen molar-refractivity contribution in [2.24, 2.45) is 0 Å². The van der Waals surface area contributed by atoms with Crippen LogP contribution in [0.2, 0.25) is 0 Å². The van der Waals surface area contributed by atoms with E-state index in [2.05, 4.69) is 0 Å². The summed E-state index contributed by atoms with van der Waals surface area (Å²) < 4.78 is 37.9. The largest absolute Gasteiger partial charge is 0.495 e. The number of benzene rings is 1. The van der Waals surface area contributed by atoms with Crippen molar-refractivity contribution in [1.29, 1.82) is 0 Å². The van der Waals surface area contributed by atoms with E-state index in [0.29, 0.717) is 38.2 Å². The van der Waals surface area contributed by atoms with Crippen molar-refractivity contribution >= 4 is 21.6 Å². The molecule has 2 saturated heterocycles. The summed E-state index contributed by atoms with van der Waals surface area (Å²) in [6, 6.07) is 4.87. The van der Waals surface area contributed by atoms with E-state index in [0.717, 1.165) is 6.42 Å². The molecule has 0 bridgehead atoms. The molecule has 0 saturated carbocycles. The molecule has 2 aliphatic rings. The molecule has 1 aromatic carbocycles. The zero-order valence-corrected chi connectivity index (χ0v) is 14.7. The lowest BCUT2D eigenvalue weighted by Crippen LogP contribution is -2.31. The molecule has 8 heteroatoms. The Morgan fingerprint density at radius 3 is 2.58 bits per heavy atom. The molecule has 2 heterocycles. The molecule has 1 unspecified atom stereocenters. The molecule has 0 radical (unpaired) electrons. The second-order valence-electron chi connectivity index (χ2n) is 5.99. The van der Waals surface area contributed by atoms with E-state index in [1.54, 1.807) is 24.1 Å². The highest BCUT2D eigenvalue weighted by Crippen LogP contribution is 2.34. The quantitative estimate of drug-likeness (QED) is 0.795. The van der Waals surface area contributed by atoms with Gasteiger partial charge in [0.25, 0.3) is 0 Å². The van der Waals surface area contributed by atoms with Gasteiger partial charge in [-0.1, -0.05) is 0 Å². The Labute approximate surface area is 142 Å². The van der Waals surface area contributed by atoms with Gasteiger partial charge in [0.2, 0.25) is 15.9 Å². The van der Waals surface area contributed by atoms with Crippen LogP contribution in [0, 0.1) is 0 Å². The van der Waals surface area contributed by atoms with E-state index < -0.39 is 10.0 Å². The van der Waals surface area contributed by atoms with E-state index in [4.69, 9.17) is 9.47 Å². The Morgan fingerprint density at radius 2 is 2.00 bits per heavy atom. The summed E-state index contributed by atoms with van der Waals surface area (Å²) in [5, 5.41) is 0. The number of rotatable bonds is 5. The lowest BCUT2D eigenvalue weighted by molar-refractivity contribution is -0.117. The van der Waals surface area contributed by atoms with Crippen LogP contribution in [0.25, 0.3) is 0 Å². The zero-order valence-electron chi connectivity index (χ0n) is 13.9. The summed E-state index contributed by atoms with van der Waals surface area (Å²) in [5.41, 5.74) is 0.597. The molecular weight excluding hydrogens is 332 g/mol. The number of sulfonamides is 1. The highest BCUT2D eigenvalue weighted by molar-refractivity contribution is 7.89. The number of hydrogen-bond acceptors (Lipinski definition) is 5. The SMILES string of the molecule is COc1ccc(N2CCCC2=O)cc1S(=O)(=O)N1CCC(OC)C1.